The fourth-order valence-corrected chi connectivity index (χ4v) is 1.94. The molecule has 0 bridgehead atoms. The summed E-state index contributed by atoms with van der Waals surface area (Å²) in [7, 11) is 1.39. The van der Waals surface area contributed by atoms with Crippen molar-refractivity contribution in [2.75, 3.05) is 17.7 Å². The third-order valence-electron chi connectivity index (χ3n) is 2.84. The fourth-order valence-electron chi connectivity index (χ4n) is 1.71. The highest BCUT2D eigenvalue weighted by molar-refractivity contribution is 7.80. The second-order valence-electron chi connectivity index (χ2n) is 4.39. The molecule has 0 aliphatic heterocycles. The van der Waals surface area contributed by atoms with Gasteiger partial charge >= 0.3 is 0 Å². The number of halogens is 2. The summed E-state index contributed by atoms with van der Waals surface area (Å²) in [4.78, 5) is 0. The van der Waals surface area contributed by atoms with Crippen LogP contribution >= 0.6 is 12.2 Å². The van der Waals surface area contributed by atoms with E-state index in [2.05, 4.69) is 10.6 Å². The SMILES string of the molecule is COc1ccc(NC(=S)Nc2ccc(C)c(F)c2)cc1F. The highest BCUT2D eigenvalue weighted by atomic mass is 32.1. The van der Waals surface area contributed by atoms with E-state index in [1.54, 1.807) is 25.1 Å². The van der Waals surface area contributed by atoms with Crippen LogP contribution in [0, 0.1) is 18.6 Å². The van der Waals surface area contributed by atoms with Gasteiger partial charge in [0.25, 0.3) is 0 Å². The van der Waals surface area contributed by atoms with Gasteiger partial charge in [0.2, 0.25) is 0 Å². The average Bonchev–Trinajstić information content (AvgIpc) is 2.43. The maximum absolute atomic E-state index is 13.5. The molecule has 0 radical (unpaired) electrons. The van der Waals surface area contributed by atoms with Crippen LogP contribution < -0.4 is 15.4 Å². The molecule has 0 aliphatic rings. The molecule has 0 saturated heterocycles. The van der Waals surface area contributed by atoms with E-state index < -0.39 is 5.82 Å². The third-order valence-corrected chi connectivity index (χ3v) is 3.04. The van der Waals surface area contributed by atoms with Crippen LogP contribution in [0.2, 0.25) is 0 Å². The number of methoxy groups -OCH3 is 1. The molecule has 0 amide bonds. The van der Waals surface area contributed by atoms with Gasteiger partial charge in [-0.15, -0.1) is 0 Å². The first-order valence-corrected chi connectivity index (χ1v) is 6.58. The molecule has 3 nitrogen and oxygen atoms in total. The first-order valence-electron chi connectivity index (χ1n) is 6.17. The quantitative estimate of drug-likeness (QED) is 0.837. The topological polar surface area (TPSA) is 33.3 Å². The van der Waals surface area contributed by atoms with E-state index in [-0.39, 0.29) is 16.7 Å². The molecular formula is C15H14F2N2OS. The Morgan fingerprint density at radius 3 is 2.10 bits per heavy atom. The minimum Gasteiger partial charge on any atom is -0.494 e. The minimum absolute atomic E-state index is 0.153. The van der Waals surface area contributed by atoms with Crippen molar-refractivity contribution in [1.29, 1.82) is 0 Å². The van der Waals surface area contributed by atoms with Gasteiger partial charge < -0.3 is 15.4 Å². The van der Waals surface area contributed by atoms with Crippen molar-refractivity contribution in [2.45, 2.75) is 6.92 Å². The Balaban J connectivity index is 2.04. The van der Waals surface area contributed by atoms with Crippen molar-refractivity contribution in [3.05, 3.63) is 53.6 Å². The molecular weight excluding hydrogens is 294 g/mol. The first-order chi connectivity index (χ1) is 9.99. The molecule has 0 aliphatic carbocycles. The number of rotatable bonds is 3. The molecule has 2 rings (SSSR count). The number of hydrogen-bond acceptors (Lipinski definition) is 2. The molecule has 2 N–H and O–H groups in total. The van der Waals surface area contributed by atoms with E-state index in [9.17, 15) is 8.78 Å². The van der Waals surface area contributed by atoms with Gasteiger partial charge in [-0.1, -0.05) is 6.07 Å². The monoisotopic (exact) mass is 308 g/mol. The lowest BCUT2D eigenvalue weighted by atomic mass is 10.2. The lowest BCUT2D eigenvalue weighted by Gasteiger charge is -2.12. The predicted molar refractivity (Wildman–Crippen MR) is 83.9 cm³/mol. The van der Waals surface area contributed by atoms with Crippen molar-refractivity contribution in [2.24, 2.45) is 0 Å². The molecule has 0 saturated carbocycles. The second-order valence-corrected chi connectivity index (χ2v) is 4.80. The van der Waals surface area contributed by atoms with Crippen LogP contribution in [0.4, 0.5) is 20.2 Å². The van der Waals surface area contributed by atoms with Gasteiger partial charge in [0.15, 0.2) is 16.7 Å². The van der Waals surface area contributed by atoms with Crippen LogP contribution in [0.25, 0.3) is 0 Å². The van der Waals surface area contributed by atoms with Crippen LogP contribution in [0.15, 0.2) is 36.4 Å². The van der Waals surface area contributed by atoms with E-state index >= 15 is 0 Å². The summed E-state index contributed by atoms with van der Waals surface area (Å²) in [5.74, 6) is -0.662. The van der Waals surface area contributed by atoms with Crippen molar-refractivity contribution >= 4 is 28.7 Å². The maximum Gasteiger partial charge on any atom is 0.175 e. The van der Waals surface area contributed by atoms with Gasteiger partial charge in [0, 0.05) is 17.4 Å². The highest BCUT2D eigenvalue weighted by Crippen LogP contribution is 2.21. The van der Waals surface area contributed by atoms with E-state index in [1.807, 2.05) is 0 Å². The highest BCUT2D eigenvalue weighted by Gasteiger charge is 2.06. The molecule has 6 heteroatoms. The predicted octanol–water partition coefficient (Wildman–Crippen LogP) is 4.09. The molecule has 0 spiro atoms. The number of aryl methyl sites for hydroxylation is 1. The second kappa shape index (κ2) is 6.49. The van der Waals surface area contributed by atoms with E-state index in [4.69, 9.17) is 17.0 Å². The van der Waals surface area contributed by atoms with Crippen LogP contribution in [-0.4, -0.2) is 12.2 Å². The Hall–Kier alpha value is -2.21. The molecule has 0 heterocycles. The summed E-state index contributed by atoms with van der Waals surface area (Å²) in [5, 5.41) is 5.89. The minimum atomic E-state index is -0.494. The van der Waals surface area contributed by atoms with E-state index in [0.717, 1.165) is 0 Å². The van der Waals surface area contributed by atoms with Crippen molar-refractivity contribution in [3.8, 4) is 5.75 Å². The first kappa shape index (κ1) is 15.2. The molecule has 0 aromatic heterocycles. The van der Waals surface area contributed by atoms with Crippen LogP contribution in [0.5, 0.6) is 5.75 Å². The summed E-state index contributed by atoms with van der Waals surface area (Å²) in [6.45, 7) is 1.68. The lowest BCUT2D eigenvalue weighted by molar-refractivity contribution is 0.387. The lowest BCUT2D eigenvalue weighted by Crippen LogP contribution is -2.19. The number of ether oxygens (including phenoxy) is 1. The van der Waals surface area contributed by atoms with Gasteiger partial charge in [0.05, 0.1) is 7.11 Å². The smallest absolute Gasteiger partial charge is 0.175 e. The van der Waals surface area contributed by atoms with Crippen molar-refractivity contribution < 1.29 is 13.5 Å². The maximum atomic E-state index is 13.5. The number of benzene rings is 2. The van der Waals surface area contributed by atoms with Gasteiger partial charge in [0.1, 0.15) is 5.82 Å². The zero-order chi connectivity index (χ0) is 15.4. The zero-order valence-corrected chi connectivity index (χ0v) is 12.4. The molecule has 0 unspecified atom stereocenters. The summed E-state index contributed by atoms with van der Waals surface area (Å²) >= 11 is 5.10. The number of hydrogen-bond donors (Lipinski definition) is 2. The zero-order valence-electron chi connectivity index (χ0n) is 11.5. The molecule has 2 aromatic carbocycles. The van der Waals surface area contributed by atoms with Gasteiger partial charge in [-0.25, -0.2) is 8.78 Å². The van der Waals surface area contributed by atoms with Crippen LogP contribution in [0.1, 0.15) is 5.56 Å². The summed E-state index contributed by atoms with van der Waals surface area (Å²) in [6, 6.07) is 9.09. The third kappa shape index (κ3) is 3.88. The van der Waals surface area contributed by atoms with E-state index in [0.29, 0.717) is 16.9 Å². The van der Waals surface area contributed by atoms with Crippen molar-refractivity contribution in [3.63, 3.8) is 0 Å². The molecule has 0 atom stereocenters. The Bertz CT molecular complexity index is 677. The Morgan fingerprint density at radius 1 is 1.00 bits per heavy atom. The Morgan fingerprint density at radius 2 is 1.57 bits per heavy atom. The van der Waals surface area contributed by atoms with Gasteiger partial charge in [-0.3, -0.25) is 0 Å². The molecule has 0 fully saturated rings. The number of anilines is 2. The van der Waals surface area contributed by atoms with Crippen molar-refractivity contribution in [1.82, 2.24) is 0 Å². The molecule has 21 heavy (non-hydrogen) atoms. The summed E-state index contributed by atoms with van der Waals surface area (Å²) in [6.07, 6.45) is 0. The van der Waals surface area contributed by atoms with Crippen LogP contribution in [-0.2, 0) is 0 Å². The fraction of sp³-hybridized carbons (Fsp3) is 0.133. The Kier molecular flexibility index (Phi) is 4.70. The molecule has 110 valence electrons. The standard InChI is InChI=1S/C15H14F2N2OS/c1-9-3-4-10(7-12(9)16)18-15(21)19-11-5-6-14(20-2)13(17)8-11/h3-8H,1-2H3,(H2,18,19,21). The average molecular weight is 308 g/mol. The van der Waals surface area contributed by atoms with E-state index in [1.165, 1.54) is 25.3 Å². The van der Waals surface area contributed by atoms with Gasteiger partial charge in [-0.2, -0.15) is 0 Å². The van der Waals surface area contributed by atoms with Crippen LogP contribution in [0.3, 0.4) is 0 Å². The normalized spacial score (nSPS) is 10.1. The van der Waals surface area contributed by atoms with Gasteiger partial charge in [-0.05, 0) is 49.0 Å². The Labute approximate surface area is 126 Å². The number of thiocarbonyl (C=S) groups is 1. The summed E-state index contributed by atoms with van der Waals surface area (Å²) in [5.41, 5.74) is 1.54. The summed E-state index contributed by atoms with van der Waals surface area (Å²) < 4.78 is 31.8. The number of nitrogens with one attached hydrogen (secondary N) is 2. The molecule has 2 aromatic rings. The largest absolute Gasteiger partial charge is 0.494 e.